The van der Waals surface area contributed by atoms with E-state index in [4.69, 9.17) is 9.84 Å². The van der Waals surface area contributed by atoms with Crippen molar-refractivity contribution in [1.29, 1.82) is 0 Å². The molecule has 0 aromatic heterocycles. The van der Waals surface area contributed by atoms with Crippen molar-refractivity contribution in [3.05, 3.63) is 0 Å². The second-order valence-electron chi connectivity index (χ2n) is 4.44. The Morgan fingerprint density at radius 3 is 2.57 bits per heavy atom. The maximum Gasteiger partial charge on any atom is 0.306 e. The molecule has 1 aliphatic carbocycles. The molecule has 1 N–H and O–H groups in total. The van der Waals surface area contributed by atoms with Gasteiger partial charge in [-0.25, -0.2) is 0 Å². The van der Waals surface area contributed by atoms with Gasteiger partial charge in [0.15, 0.2) is 0 Å². The number of rotatable bonds is 2. The molecule has 1 aliphatic heterocycles. The highest BCUT2D eigenvalue weighted by molar-refractivity contribution is 5.70. The minimum Gasteiger partial charge on any atom is -0.481 e. The third kappa shape index (κ3) is 1.92. The second-order valence-corrected chi connectivity index (χ2v) is 4.44. The fraction of sp³-hybridized carbons (Fsp3) is 0.909. The summed E-state index contributed by atoms with van der Waals surface area (Å²) in [7, 11) is 0. The minimum atomic E-state index is -0.620. The molecule has 0 amide bonds. The fourth-order valence-electron chi connectivity index (χ4n) is 2.85. The third-order valence-corrected chi connectivity index (χ3v) is 3.58. The lowest BCUT2D eigenvalue weighted by Crippen LogP contribution is -2.35. The molecule has 0 aromatic carbocycles. The summed E-state index contributed by atoms with van der Waals surface area (Å²) in [6.07, 6.45) is 6.54. The van der Waals surface area contributed by atoms with Gasteiger partial charge in [-0.3, -0.25) is 4.79 Å². The maximum atomic E-state index is 11.1. The van der Waals surface area contributed by atoms with Gasteiger partial charge in [-0.05, 0) is 31.6 Å². The molecule has 2 fully saturated rings. The van der Waals surface area contributed by atoms with Gasteiger partial charge in [0.1, 0.15) is 0 Å². The zero-order chi connectivity index (χ0) is 9.97. The summed E-state index contributed by atoms with van der Waals surface area (Å²) in [5, 5.41) is 9.11. The Kier molecular flexibility index (Phi) is 3.06. The van der Waals surface area contributed by atoms with Crippen molar-refractivity contribution in [2.45, 2.75) is 44.6 Å². The first kappa shape index (κ1) is 9.97. The highest BCUT2D eigenvalue weighted by Crippen LogP contribution is 2.37. The molecule has 3 atom stereocenters. The monoisotopic (exact) mass is 198 g/mol. The SMILES string of the molecule is O=C(O)[C@@H]1CCCC[C@@H]1[C@@H]1CCCO1. The van der Waals surface area contributed by atoms with E-state index < -0.39 is 5.97 Å². The van der Waals surface area contributed by atoms with E-state index in [1.54, 1.807) is 0 Å². The first-order valence-corrected chi connectivity index (χ1v) is 5.63. The highest BCUT2D eigenvalue weighted by atomic mass is 16.5. The molecule has 1 saturated carbocycles. The number of hydrogen-bond acceptors (Lipinski definition) is 2. The van der Waals surface area contributed by atoms with Gasteiger partial charge in [-0.1, -0.05) is 12.8 Å². The molecule has 14 heavy (non-hydrogen) atoms. The van der Waals surface area contributed by atoms with Gasteiger partial charge in [-0.15, -0.1) is 0 Å². The molecule has 0 aromatic rings. The van der Waals surface area contributed by atoms with Crippen LogP contribution in [0.4, 0.5) is 0 Å². The number of carbonyl (C=O) groups is 1. The highest BCUT2D eigenvalue weighted by Gasteiger charge is 2.37. The minimum absolute atomic E-state index is 0.146. The standard InChI is InChI=1S/C11H18O3/c12-11(13)9-5-2-1-4-8(9)10-6-3-7-14-10/h8-10H,1-7H2,(H,12,13)/t8-,9+,10-/m0/s1. The molecule has 1 heterocycles. The van der Waals surface area contributed by atoms with Crippen molar-refractivity contribution < 1.29 is 14.6 Å². The lowest BCUT2D eigenvalue weighted by Gasteiger charge is -2.32. The molecule has 0 radical (unpaired) electrons. The van der Waals surface area contributed by atoms with E-state index in [1.807, 2.05) is 0 Å². The quantitative estimate of drug-likeness (QED) is 0.738. The Morgan fingerprint density at radius 1 is 1.14 bits per heavy atom. The smallest absolute Gasteiger partial charge is 0.306 e. The normalized spacial score (nSPS) is 38.4. The molecule has 3 nitrogen and oxygen atoms in total. The Hall–Kier alpha value is -0.570. The van der Waals surface area contributed by atoms with E-state index in [9.17, 15) is 4.79 Å². The predicted octanol–water partition coefficient (Wildman–Crippen LogP) is 2.06. The van der Waals surface area contributed by atoms with E-state index in [2.05, 4.69) is 0 Å². The summed E-state index contributed by atoms with van der Waals surface area (Å²) >= 11 is 0. The van der Waals surface area contributed by atoms with Crippen LogP contribution in [0.15, 0.2) is 0 Å². The van der Waals surface area contributed by atoms with E-state index in [0.717, 1.165) is 38.7 Å². The summed E-state index contributed by atoms with van der Waals surface area (Å²) in [5.41, 5.74) is 0. The Bertz CT molecular complexity index is 209. The van der Waals surface area contributed by atoms with Gasteiger partial charge in [0.2, 0.25) is 0 Å². The first-order valence-electron chi connectivity index (χ1n) is 5.63. The summed E-state index contributed by atoms with van der Waals surface area (Å²) in [4.78, 5) is 11.1. The third-order valence-electron chi connectivity index (χ3n) is 3.58. The van der Waals surface area contributed by atoms with Crippen molar-refractivity contribution in [2.75, 3.05) is 6.61 Å². The molecule has 0 unspecified atom stereocenters. The van der Waals surface area contributed by atoms with Crippen molar-refractivity contribution in [3.63, 3.8) is 0 Å². The van der Waals surface area contributed by atoms with Crippen molar-refractivity contribution in [3.8, 4) is 0 Å². The van der Waals surface area contributed by atoms with Crippen LogP contribution in [0.2, 0.25) is 0 Å². The number of ether oxygens (including phenoxy) is 1. The zero-order valence-electron chi connectivity index (χ0n) is 8.45. The Balaban J connectivity index is 2.01. The van der Waals surface area contributed by atoms with E-state index in [-0.39, 0.29) is 17.9 Å². The van der Waals surface area contributed by atoms with Crippen LogP contribution in [0.3, 0.4) is 0 Å². The van der Waals surface area contributed by atoms with E-state index in [0.29, 0.717) is 0 Å². The number of carboxylic acids is 1. The average Bonchev–Trinajstić information content (AvgIpc) is 2.70. The van der Waals surface area contributed by atoms with Gasteiger partial charge < -0.3 is 9.84 Å². The molecule has 0 spiro atoms. The molecule has 1 saturated heterocycles. The van der Waals surface area contributed by atoms with Crippen molar-refractivity contribution >= 4 is 5.97 Å². The van der Waals surface area contributed by atoms with Crippen LogP contribution in [0.1, 0.15) is 38.5 Å². The maximum absolute atomic E-state index is 11.1. The zero-order valence-corrected chi connectivity index (χ0v) is 8.45. The molecular weight excluding hydrogens is 180 g/mol. The van der Waals surface area contributed by atoms with Crippen molar-refractivity contribution in [2.24, 2.45) is 11.8 Å². The van der Waals surface area contributed by atoms with Crippen LogP contribution in [-0.4, -0.2) is 23.8 Å². The molecule has 2 aliphatic rings. The van der Waals surface area contributed by atoms with Gasteiger partial charge in [-0.2, -0.15) is 0 Å². The number of aliphatic carboxylic acids is 1. The van der Waals surface area contributed by atoms with Crippen LogP contribution in [0.5, 0.6) is 0 Å². The summed E-state index contributed by atoms with van der Waals surface area (Å²) in [6.45, 7) is 0.827. The van der Waals surface area contributed by atoms with Gasteiger partial charge in [0, 0.05) is 6.61 Å². The van der Waals surface area contributed by atoms with Crippen LogP contribution >= 0.6 is 0 Å². The molecule has 3 heteroatoms. The summed E-state index contributed by atoms with van der Waals surface area (Å²) in [5.74, 6) is -0.485. The topological polar surface area (TPSA) is 46.5 Å². The molecule has 80 valence electrons. The summed E-state index contributed by atoms with van der Waals surface area (Å²) < 4.78 is 5.61. The van der Waals surface area contributed by atoms with Gasteiger partial charge in [0.05, 0.1) is 12.0 Å². The van der Waals surface area contributed by atoms with E-state index >= 15 is 0 Å². The lowest BCUT2D eigenvalue weighted by molar-refractivity contribution is -0.147. The largest absolute Gasteiger partial charge is 0.481 e. The van der Waals surface area contributed by atoms with E-state index in [1.165, 1.54) is 6.42 Å². The molecular formula is C11H18O3. The number of hydrogen-bond donors (Lipinski definition) is 1. The Labute approximate surface area is 84.4 Å². The van der Waals surface area contributed by atoms with Gasteiger partial charge in [0.25, 0.3) is 0 Å². The van der Waals surface area contributed by atoms with Crippen LogP contribution in [-0.2, 0) is 9.53 Å². The lowest BCUT2D eigenvalue weighted by atomic mass is 9.75. The average molecular weight is 198 g/mol. The first-order chi connectivity index (χ1) is 6.79. The molecule has 0 bridgehead atoms. The van der Waals surface area contributed by atoms with Gasteiger partial charge >= 0.3 is 5.97 Å². The number of carboxylic acid groups (broad SMARTS) is 1. The Morgan fingerprint density at radius 2 is 1.93 bits per heavy atom. The van der Waals surface area contributed by atoms with Crippen molar-refractivity contribution in [1.82, 2.24) is 0 Å². The van der Waals surface area contributed by atoms with Crippen LogP contribution in [0.25, 0.3) is 0 Å². The fourth-order valence-corrected chi connectivity index (χ4v) is 2.85. The van der Waals surface area contributed by atoms with Crippen LogP contribution < -0.4 is 0 Å². The molecule has 2 rings (SSSR count). The summed E-state index contributed by atoms with van der Waals surface area (Å²) in [6, 6.07) is 0. The predicted molar refractivity (Wildman–Crippen MR) is 52.1 cm³/mol. The van der Waals surface area contributed by atoms with Crippen LogP contribution in [0, 0.1) is 11.8 Å². The second kappa shape index (κ2) is 4.30.